The highest BCUT2D eigenvalue weighted by molar-refractivity contribution is 5.80. The molecule has 0 unspecified atom stereocenters. The van der Waals surface area contributed by atoms with Gasteiger partial charge in [0.2, 0.25) is 5.91 Å². The fourth-order valence-corrected chi connectivity index (χ4v) is 4.11. The number of anilines is 1. The fraction of sp³-hybridized carbons (Fsp3) is 0.455. The van der Waals surface area contributed by atoms with Crippen LogP contribution in [0.25, 0.3) is 5.65 Å². The van der Waals surface area contributed by atoms with Crippen LogP contribution in [0.2, 0.25) is 0 Å². The Bertz CT molecular complexity index is 989. The Morgan fingerprint density at radius 2 is 1.79 bits per heavy atom. The van der Waals surface area contributed by atoms with Gasteiger partial charge in [-0.3, -0.25) is 4.79 Å². The van der Waals surface area contributed by atoms with Crippen molar-refractivity contribution in [2.75, 3.05) is 25.0 Å². The number of likely N-dealkylation sites (tertiary alicyclic amines) is 1. The van der Waals surface area contributed by atoms with E-state index in [0.29, 0.717) is 17.7 Å². The fourth-order valence-electron chi connectivity index (χ4n) is 4.11. The molecular formula is C22H26N6O. The average molecular weight is 390 g/mol. The molecule has 5 rings (SSSR count). The first-order chi connectivity index (χ1) is 14.3. The van der Waals surface area contributed by atoms with Crippen molar-refractivity contribution >= 4 is 17.4 Å². The number of piperidine rings is 1. The highest BCUT2D eigenvalue weighted by Gasteiger charge is 2.29. The van der Waals surface area contributed by atoms with Crippen LogP contribution < -0.4 is 5.32 Å². The highest BCUT2D eigenvalue weighted by Crippen LogP contribution is 2.38. The largest absolute Gasteiger partial charge is 0.360 e. The number of carbonyl (C=O) groups is 1. The lowest BCUT2D eigenvalue weighted by atomic mass is 9.90. The number of hydrogen-bond donors (Lipinski definition) is 1. The van der Waals surface area contributed by atoms with Gasteiger partial charge in [-0.15, -0.1) is 15.3 Å². The van der Waals surface area contributed by atoms with Crippen molar-refractivity contribution in [2.45, 2.75) is 38.0 Å². The van der Waals surface area contributed by atoms with Crippen molar-refractivity contribution in [3.63, 3.8) is 0 Å². The number of hydrogen-bond acceptors (Lipinski definition) is 5. The van der Waals surface area contributed by atoms with Crippen molar-refractivity contribution in [3.8, 4) is 0 Å². The van der Waals surface area contributed by atoms with Crippen LogP contribution in [0.4, 0.5) is 5.82 Å². The van der Waals surface area contributed by atoms with Crippen molar-refractivity contribution in [3.05, 3.63) is 53.9 Å². The van der Waals surface area contributed by atoms with Crippen LogP contribution >= 0.6 is 0 Å². The minimum absolute atomic E-state index is 0.135. The topological polar surface area (TPSA) is 75.4 Å². The summed E-state index contributed by atoms with van der Waals surface area (Å²) in [7, 11) is 0. The summed E-state index contributed by atoms with van der Waals surface area (Å²) in [5, 5.41) is 16.2. The molecular weight excluding hydrogens is 364 g/mol. The average Bonchev–Trinajstić information content (AvgIpc) is 3.52. The molecule has 1 saturated carbocycles. The molecule has 150 valence electrons. The number of nitrogens with zero attached hydrogens (tertiary/aromatic N) is 5. The van der Waals surface area contributed by atoms with Crippen LogP contribution in [0.1, 0.15) is 43.0 Å². The molecule has 1 aromatic carbocycles. The number of benzene rings is 1. The quantitative estimate of drug-likeness (QED) is 0.700. The zero-order valence-electron chi connectivity index (χ0n) is 16.5. The maximum Gasteiger partial charge on any atom is 0.241 e. The summed E-state index contributed by atoms with van der Waals surface area (Å²) in [6.45, 7) is 1.94. The van der Waals surface area contributed by atoms with Gasteiger partial charge in [0, 0.05) is 19.0 Å². The molecule has 0 radical (unpaired) electrons. The lowest BCUT2D eigenvalue weighted by molar-refractivity contribution is -0.130. The molecule has 0 spiro atoms. The Morgan fingerprint density at radius 1 is 1.00 bits per heavy atom. The monoisotopic (exact) mass is 390 g/mol. The molecule has 1 N–H and O–H groups in total. The Morgan fingerprint density at radius 3 is 2.55 bits per heavy atom. The maximum atomic E-state index is 12.6. The van der Waals surface area contributed by atoms with Gasteiger partial charge in [0.05, 0.1) is 6.54 Å². The van der Waals surface area contributed by atoms with Crippen molar-refractivity contribution in [1.29, 1.82) is 0 Å². The number of nitrogens with one attached hydrogen (secondary N) is 1. The number of rotatable bonds is 6. The minimum atomic E-state index is 0.135. The smallest absolute Gasteiger partial charge is 0.241 e. The molecule has 3 heterocycles. The van der Waals surface area contributed by atoms with Gasteiger partial charge in [-0.25, -0.2) is 0 Å². The van der Waals surface area contributed by atoms with E-state index in [4.69, 9.17) is 0 Å². The van der Waals surface area contributed by atoms with Gasteiger partial charge in [-0.2, -0.15) is 4.52 Å². The molecule has 0 atom stereocenters. The second-order valence-electron chi connectivity index (χ2n) is 8.19. The zero-order chi connectivity index (χ0) is 19.6. The zero-order valence-corrected chi connectivity index (χ0v) is 16.5. The van der Waals surface area contributed by atoms with E-state index in [1.807, 2.05) is 17.0 Å². The molecule has 2 aromatic heterocycles. The van der Waals surface area contributed by atoms with Crippen LogP contribution in [0.15, 0.2) is 42.5 Å². The molecule has 7 nitrogen and oxygen atoms in total. The second-order valence-corrected chi connectivity index (χ2v) is 8.19. The number of amides is 1. The highest BCUT2D eigenvalue weighted by atomic mass is 16.2. The van der Waals surface area contributed by atoms with E-state index < -0.39 is 0 Å². The van der Waals surface area contributed by atoms with Crippen molar-refractivity contribution in [2.24, 2.45) is 5.92 Å². The predicted molar refractivity (Wildman–Crippen MR) is 111 cm³/mol. The van der Waals surface area contributed by atoms with Crippen molar-refractivity contribution < 1.29 is 4.79 Å². The molecule has 1 amide bonds. The van der Waals surface area contributed by atoms with Gasteiger partial charge >= 0.3 is 0 Å². The summed E-state index contributed by atoms with van der Waals surface area (Å²) < 4.78 is 1.81. The number of fused-ring (bicyclic) bond motifs is 1. The van der Waals surface area contributed by atoms with E-state index in [0.717, 1.165) is 56.7 Å². The standard InChI is InChI=1S/C22H26N6O/c29-21(27-12-10-17(11-13-27)14-16-4-2-1-3-5-16)15-23-19-8-9-20-24-25-22(18-6-7-18)28(20)26-19/h1-5,8-9,17-18H,6-7,10-15H2,(H,23,26). The van der Waals surface area contributed by atoms with Crippen LogP contribution in [-0.2, 0) is 11.2 Å². The van der Waals surface area contributed by atoms with E-state index in [1.54, 1.807) is 4.52 Å². The molecule has 1 saturated heterocycles. The summed E-state index contributed by atoms with van der Waals surface area (Å²) in [6.07, 6.45) is 5.54. The summed E-state index contributed by atoms with van der Waals surface area (Å²) in [4.78, 5) is 14.6. The first kappa shape index (κ1) is 18.1. The summed E-state index contributed by atoms with van der Waals surface area (Å²) >= 11 is 0. The van der Waals surface area contributed by atoms with E-state index in [-0.39, 0.29) is 12.5 Å². The van der Waals surface area contributed by atoms with Gasteiger partial charge in [-0.05, 0) is 55.7 Å². The van der Waals surface area contributed by atoms with Gasteiger partial charge < -0.3 is 10.2 Å². The molecule has 2 fully saturated rings. The SMILES string of the molecule is O=C(CNc1ccc2nnc(C3CC3)n2n1)N1CCC(Cc2ccccc2)CC1. The van der Waals surface area contributed by atoms with Crippen molar-refractivity contribution in [1.82, 2.24) is 24.7 Å². The van der Waals surface area contributed by atoms with Crippen LogP contribution in [0.3, 0.4) is 0 Å². The summed E-state index contributed by atoms with van der Waals surface area (Å²) in [5.74, 6) is 2.89. The number of carbonyl (C=O) groups excluding carboxylic acids is 1. The van der Waals surface area contributed by atoms with E-state index in [9.17, 15) is 4.79 Å². The van der Waals surface area contributed by atoms with E-state index >= 15 is 0 Å². The molecule has 29 heavy (non-hydrogen) atoms. The first-order valence-corrected chi connectivity index (χ1v) is 10.5. The second kappa shape index (κ2) is 7.81. The van der Waals surface area contributed by atoms with Crippen LogP contribution in [0, 0.1) is 5.92 Å². The summed E-state index contributed by atoms with van der Waals surface area (Å²) in [5.41, 5.74) is 2.14. The lowest BCUT2D eigenvalue weighted by Gasteiger charge is -2.32. The lowest BCUT2D eigenvalue weighted by Crippen LogP contribution is -2.41. The molecule has 1 aliphatic heterocycles. The normalized spacial score (nSPS) is 17.6. The molecule has 7 heteroatoms. The molecule has 1 aliphatic carbocycles. The first-order valence-electron chi connectivity index (χ1n) is 10.5. The van der Waals surface area contributed by atoms with E-state index in [1.165, 1.54) is 5.56 Å². The predicted octanol–water partition coefficient (Wildman–Crippen LogP) is 2.89. The minimum Gasteiger partial charge on any atom is -0.360 e. The molecule has 0 bridgehead atoms. The van der Waals surface area contributed by atoms with E-state index in [2.05, 4.69) is 50.9 Å². The van der Waals surface area contributed by atoms with Gasteiger partial charge in [0.15, 0.2) is 11.5 Å². The third kappa shape index (κ3) is 4.09. The molecule has 2 aliphatic rings. The van der Waals surface area contributed by atoms with Gasteiger partial charge in [0.25, 0.3) is 0 Å². The third-order valence-corrected chi connectivity index (χ3v) is 5.98. The number of aromatic nitrogens is 4. The maximum absolute atomic E-state index is 12.6. The Labute approximate surface area is 170 Å². The van der Waals surface area contributed by atoms with Crippen LogP contribution in [-0.4, -0.2) is 50.3 Å². The Hall–Kier alpha value is -2.96. The third-order valence-electron chi connectivity index (χ3n) is 5.98. The Kier molecular flexibility index (Phi) is 4.87. The molecule has 3 aromatic rings. The van der Waals surface area contributed by atoms with Gasteiger partial charge in [-0.1, -0.05) is 30.3 Å². The van der Waals surface area contributed by atoms with Gasteiger partial charge in [0.1, 0.15) is 5.82 Å². The Balaban J connectivity index is 1.13. The summed E-state index contributed by atoms with van der Waals surface area (Å²) in [6, 6.07) is 14.4. The van der Waals surface area contributed by atoms with Crippen LogP contribution in [0.5, 0.6) is 0 Å².